The second kappa shape index (κ2) is 9.79. The van der Waals surface area contributed by atoms with Crippen LogP contribution < -0.4 is 10.1 Å². The highest BCUT2D eigenvalue weighted by Gasteiger charge is 2.38. The van der Waals surface area contributed by atoms with Gasteiger partial charge in [0.15, 0.2) is 0 Å². The Hall–Kier alpha value is -4.13. The van der Waals surface area contributed by atoms with Crippen LogP contribution in [0.15, 0.2) is 78.0 Å². The van der Waals surface area contributed by atoms with Gasteiger partial charge in [0, 0.05) is 18.2 Å². The number of esters is 2. The number of nitrogens with zero attached hydrogens (tertiary/aromatic N) is 1. The van der Waals surface area contributed by atoms with Crippen molar-refractivity contribution in [2.24, 2.45) is 0 Å². The first kappa shape index (κ1) is 23.0. The van der Waals surface area contributed by atoms with Gasteiger partial charge in [0.25, 0.3) is 0 Å². The van der Waals surface area contributed by atoms with Crippen molar-refractivity contribution in [3.8, 4) is 5.75 Å². The highest BCUT2D eigenvalue weighted by atomic mass is 16.5. The third kappa shape index (κ3) is 4.50. The molecule has 0 spiro atoms. The predicted molar refractivity (Wildman–Crippen MR) is 128 cm³/mol. The van der Waals surface area contributed by atoms with Crippen molar-refractivity contribution in [3.05, 3.63) is 89.1 Å². The molecule has 1 heterocycles. The van der Waals surface area contributed by atoms with Crippen LogP contribution >= 0.6 is 0 Å². The van der Waals surface area contributed by atoms with Crippen LogP contribution in [-0.2, 0) is 20.9 Å². The van der Waals surface area contributed by atoms with Crippen LogP contribution in [0.3, 0.4) is 0 Å². The summed E-state index contributed by atoms with van der Waals surface area (Å²) in [6, 6.07) is 19.4. The summed E-state index contributed by atoms with van der Waals surface area (Å²) in [5, 5.41) is 4.61. The minimum atomic E-state index is -0.862. The molecule has 0 aliphatic carbocycles. The van der Waals surface area contributed by atoms with E-state index in [-0.39, 0.29) is 18.4 Å². The van der Waals surface area contributed by atoms with Crippen molar-refractivity contribution < 1.29 is 23.9 Å². The molecule has 34 heavy (non-hydrogen) atoms. The summed E-state index contributed by atoms with van der Waals surface area (Å²) in [6.07, 6.45) is 0. The van der Waals surface area contributed by atoms with E-state index in [1.807, 2.05) is 60.7 Å². The molecule has 0 aromatic heterocycles. The van der Waals surface area contributed by atoms with Crippen LogP contribution in [-0.4, -0.2) is 29.5 Å². The number of rotatable bonds is 6. The van der Waals surface area contributed by atoms with Crippen LogP contribution in [0.2, 0.25) is 0 Å². The third-order valence-electron chi connectivity index (χ3n) is 5.75. The number of nitrogens with one attached hydrogen (secondary N) is 1. The summed E-state index contributed by atoms with van der Waals surface area (Å²) >= 11 is 0. The van der Waals surface area contributed by atoms with Crippen LogP contribution in [0.5, 0.6) is 5.75 Å². The summed E-state index contributed by atoms with van der Waals surface area (Å²) in [5.74, 6) is -0.755. The van der Waals surface area contributed by atoms with Crippen LogP contribution in [0.25, 0.3) is 10.8 Å². The van der Waals surface area contributed by atoms with Crippen molar-refractivity contribution in [2.75, 3.05) is 6.61 Å². The maximum atomic E-state index is 13.3. The smallest absolute Gasteiger partial charge is 0.338 e. The van der Waals surface area contributed by atoms with Gasteiger partial charge in [-0.1, -0.05) is 60.7 Å². The van der Waals surface area contributed by atoms with Gasteiger partial charge in [-0.15, -0.1) is 0 Å². The summed E-state index contributed by atoms with van der Waals surface area (Å²) < 4.78 is 10.9. The first-order chi connectivity index (χ1) is 16.4. The van der Waals surface area contributed by atoms with Gasteiger partial charge in [-0.2, -0.15) is 0 Å². The van der Waals surface area contributed by atoms with Crippen LogP contribution in [0, 0.1) is 0 Å². The van der Waals surface area contributed by atoms with Gasteiger partial charge < -0.3 is 14.8 Å². The molecule has 2 amide bonds. The number of hydrogen-bond donors (Lipinski definition) is 1. The van der Waals surface area contributed by atoms with Gasteiger partial charge in [0.1, 0.15) is 5.75 Å². The van der Waals surface area contributed by atoms with Crippen LogP contribution in [0.1, 0.15) is 37.9 Å². The lowest BCUT2D eigenvalue weighted by Crippen LogP contribution is -2.47. The molecule has 4 rings (SSSR count). The van der Waals surface area contributed by atoms with Gasteiger partial charge >= 0.3 is 18.0 Å². The maximum absolute atomic E-state index is 13.3. The lowest BCUT2D eigenvalue weighted by atomic mass is 9.90. The van der Waals surface area contributed by atoms with E-state index in [2.05, 4.69) is 5.32 Å². The summed E-state index contributed by atoms with van der Waals surface area (Å²) in [4.78, 5) is 39.9. The third-order valence-corrected chi connectivity index (χ3v) is 5.75. The van der Waals surface area contributed by atoms with E-state index in [0.717, 1.165) is 16.3 Å². The molecule has 0 fully saturated rings. The highest BCUT2D eigenvalue weighted by molar-refractivity contribution is 5.98. The number of fused-ring (bicyclic) bond motifs is 1. The molecule has 3 aromatic rings. The maximum Gasteiger partial charge on any atom is 0.338 e. The Balaban J connectivity index is 1.90. The van der Waals surface area contributed by atoms with Crippen LogP contribution in [0.4, 0.5) is 4.79 Å². The molecule has 3 aromatic carbocycles. The number of amides is 2. The first-order valence-corrected chi connectivity index (χ1v) is 11.1. The number of ether oxygens (including phenoxy) is 2. The Morgan fingerprint density at radius 3 is 2.41 bits per heavy atom. The Kier molecular flexibility index (Phi) is 6.63. The van der Waals surface area contributed by atoms with E-state index in [9.17, 15) is 14.4 Å². The zero-order chi connectivity index (χ0) is 24.2. The second-order valence-corrected chi connectivity index (χ2v) is 7.97. The highest BCUT2D eigenvalue weighted by Crippen LogP contribution is 2.40. The molecule has 1 unspecified atom stereocenters. The Morgan fingerprint density at radius 1 is 1.00 bits per heavy atom. The fourth-order valence-corrected chi connectivity index (χ4v) is 4.24. The monoisotopic (exact) mass is 458 g/mol. The lowest BCUT2D eigenvalue weighted by Gasteiger charge is -2.36. The molecule has 1 aliphatic rings. The number of carbonyl (C=O) groups is 3. The van der Waals surface area contributed by atoms with Gasteiger partial charge in [-0.05, 0) is 36.2 Å². The zero-order valence-electron chi connectivity index (χ0n) is 19.3. The van der Waals surface area contributed by atoms with Gasteiger partial charge in [-0.25, -0.2) is 9.59 Å². The largest absolute Gasteiger partial charge is 0.463 e. The minimum absolute atomic E-state index is 0.182. The quantitative estimate of drug-likeness (QED) is 0.421. The second-order valence-electron chi connectivity index (χ2n) is 7.97. The summed E-state index contributed by atoms with van der Waals surface area (Å²) in [6.45, 7) is 5.25. The Bertz CT molecular complexity index is 1280. The average Bonchev–Trinajstić information content (AvgIpc) is 2.81. The van der Waals surface area contributed by atoms with Gasteiger partial charge in [0.05, 0.1) is 24.8 Å². The van der Waals surface area contributed by atoms with E-state index in [1.54, 1.807) is 19.9 Å². The molecule has 0 saturated heterocycles. The normalized spacial score (nSPS) is 15.8. The lowest BCUT2D eigenvalue weighted by molar-refractivity contribution is -0.139. The van der Waals surface area contributed by atoms with Crippen molar-refractivity contribution >= 4 is 28.7 Å². The molecule has 7 heteroatoms. The number of benzene rings is 3. The van der Waals surface area contributed by atoms with Crippen molar-refractivity contribution in [3.63, 3.8) is 0 Å². The SMILES string of the molecule is CCOC(=O)C1=C(C)N(Cc2ccccc2)C(=O)NC1c1c(OC(C)=O)ccc2ccccc12. The number of urea groups is 1. The van der Waals surface area contributed by atoms with E-state index in [1.165, 1.54) is 11.8 Å². The van der Waals surface area contributed by atoms with Crippen molar-refractivity contribution in [1.82, 2.24) is 10.2 Å². The molecule has 7 nitrogen and oxygen atoms in total. The fourth-order valence-electron chi connectivity index (χ4n) is 4.24. The van der Waals surface area contributed by atoms with Crippen molar-refractivity contribution in [2.45, 2.75) is 33.4 Å². The molecule has 174 valence electrons. The van der Waals surface area contributed by atoms with E-state index in [0.29, 0.717) is 23.4 Å². The minimum Gasteiger partial charge on any atom is -0.463 e. The Morgan fingerprint density at radius 2 is 1.71 bits per heavy atom. The molecular formula is C27H26N2O5. The molecule has 0 radical (unpaired) electrons. The van der Waals surface area contributed by atoms with E-state index < -0.39 is 18.0 Å². The van der Waals surface area contributed by atoms with E-state index in [4.69, 9.17) is 9.47 Å². The number of allylic oxidation sites excluding steroid dienone is 1. The molecular weight excluding hydrogens is 432 g/mol. The molecule has 1 aliphatic heterocycles. The topological polar surface area (TPSA) is 84.9 Å². The summed E-state index contributed by atoms with van der Waals surface area (Å²) in [5.41, 5.74) is 2.23. The molecule has 1 N–H and O–H groups in total. The standard InChI is InChI=1S/C27H26N2O5/c1-4-33-26(31)23-17(2)29(16-19-10-6-5-7-11-19)27(32)28-25(23)24-21-13-9-8-12-20(21)14-15-22(24)34-18(3)30/h5-15,25H,4,16H2,1-3H3,(H,28,32). The van der Waals surface area contributed by atoms with Crippen molar-refractivity contribution in [1.29, 1.82) is 0 Å². The first-order valence-electron chi connectivity index (χ1n) is 11.1. The van der Waals surface area contributed by atoms with E-state index >= 15 is 0 Å². The predicted octanol–water partition coefficient (Wildman–Crippen LogP) is 4.87. The number of hydrogen-bond acceptors (Lipinski definition) is 5. The fraction of sp³-hybridized carbons (Fsp3) is 0.222. The average molecular weight is 459 g/mol. The van der Waals surface area contributed by atoms with Gasteiger partial charge in [0.2, 0.25) is 0 Å². The zero-order valence-corrected chi connectivity index (χ0v) is 19.3. The van der Waals surface area contributed by atoms with Gasteiger partial charge in [-0.3, -0.25) is 9.69 Å². The Labute approximate surface area is 198 Å². The molecule has 0 saturated carbocycles. The molecule has 0 bridgehead atoms. The number of carbonyl (C=O) groups excluding carboxylic acids is 3. The molecule has 1 atom stereocenters. The summed E-state index contributed by atoms with van der Waals surface area (Å²) in [7, 11) is 0.